The zero-order chi connectivity index (χ0) is 13.7. The number of ether oxygens (including phenoxy) is 1. The maximum Gasteiger partial charge on any atom is 0.340 e. The number of nitrogens with two attached hydrogens (primary N) is 1. The second-order valence-corrected chi connectivity index (χ2v) is 4.48. The van der Waals surface area contributed by atoms with Crippen molar-refractivity contribution in [1.29, 1.82) is 0 Å². The van der Waals surface area contributed by atoms with E-state index < -0.39 is 5.97 Å². The van der Waals surface area contributed by atoms with Crippen molar-refractivity contribution in [2.24, 2.45) is 0 Å². The number of nitrogens with zero attached hydrogens (tertiary/aromatic N) is 1. The number of rotatable bonds is 5. The van der Waals surface area contributed by atoms with E-state index in [1.54, 1.807) is 6.07 Å². The first-order valence-corrected chi connectivity index (χ1v) is 5.82. The van der Waals surface area contributed by atoms with E-state index >= 15 is 0 Å². The molecule has 0 unspecified atom stereocenters. The van der Waals surface area contributed by atoms with E-state index in [1.165, 1.54) is 7.11 Å². The molecular weight excluding hydrogens is 230 g/mol. The van der Waals surface area contributed by atoms with Gasteiger partial charge < -0.3 is 20.7 Å². The highest BCUT2D eigenvalue weighted by Crippen LogP contribution is 2.23. The van der Waals surface area contributed by atoms with Crippen LogP contribution in [0.2, 0.25) is 0 Å². The number of nitrogen functional groups attached to an aromatic ring is 1. The molecule has 0 spiro atoms. The van der Waals surface area contributed by atoms with Crippen LogP contribution in [0.5, 0.6) is 0 Å². The van der Waals surface area contributed by atoms with E-state index in [-0.39, 0.29) is 0 Å². The number of benzene rings is 1. The zero-order valence-electron chi connectivity index (χ0n) is 11.4. The highest BCUT2D eigenvalue weighted by Gasteiger charge is 2.13. The van der Waals surface area contributed by atoms with Gasteiger partial charge in [0.2, 0.25) is 0 Å². The Labute approximate surface area is 108 Å². The summed E-state index contributed by atoms with van der Waals surface area (Å²) in [5.41, 5.74) is 8.49. The van der Waals surface area contributed by atoms with Crippen molar-refractivity contribution in [1.82, 2.24) is 4.90 Å². The van der Waals surface area contributed by atoms with Crippen molar-refractivity contribution in [2.75, 3.05) is 45.3 Å². The van der Waals surface area contributed by atoms with Gasteiger partial charge in [-0.05, 0) is 38.7 Å². The largest absolute Gasteiger partial charge is 0.465 e. The Bertz CT molecular complexity index is 430. The van der Waals surface area contributed by atoms with Gasteiger partial charge in [0.1, 0.15) is 0 Å². The molecule has 3 N–H and O–H groups in total. The third-order valence-corrected chi connectivity index (χ3v) is 2.68. The van der Waals surface area contributed by atoms with Crippen molar-refractivity contribution < 1.29 is 9.53 Å². The van der Waals surface area contributed by atoms with Crippen LogP contribution in [-0.4, -0.2) is 45.2 Å². The fourth-order valence-electron chi connectivity index (χ4n) is 1.60. The first-order valence-electron chi connectivity index (χ1n) is 5.82. The Morgan fingerprint density at radius 1 is 1.44 bits per heavy atom. The van der Waals surface area contributed by atoms with Gasteiger partial charge in [0.15, 0.2) is 0 Å². The van der Waals surface area contributed by atoms with Gasteiger partial charge in [-0.2, -0.15) is 0 Å². The molecule has 0 amide bonds. The number of esters is 1. The minimum absolute atomic E-state index is 0.407. The average molecular weight is 251 g/mol. The summed E-state index contributed by atoms with van der Waals surface area (Å²) in [5, 5.41) is 3.26. The van der Waals surface area contributed by atoms with Gasteiger partial charge in [-0.15, -0.1) is 0 Å². The maximum absolute atomic E-state index is 11.6. The van der Waals surface area contributed by atoms with Gasteiger partial charge in [-0.25, -0.2) is 4.79 Å². The summed E-state index contributed by atoms with van der Waals surface area (Å²) in [5.74, 6) is -0.410. The molecular formula is C13H21N3O2. The number of likely N-dealkylation sites (N-methyl/N-ethyl adjacent to an activating group) is 1. The molecule has 1 rings (SSSR count). The van der Waals surface area contributed by atoms with E-state index in [0.717, 1.165) is 24.3 Å². The van der Waals surface area contributed by atoms with E-state index in [1.807, 2.05) is 27.1 Å². The highest BCUT2D eigenvalue weighted by atomic mass is 16.5. The minimum Gasteiger partial charge on any atom is -0.465 e. The molecule has 0 radical (unpaired) electrons. The standard InChI is InChI=1S/C13H21N3O2/c1-9-7-10(15-5-6-16(2)3)8-11(12(9)14)13(17)18-4/h7-8,15H,5-6,14H2,1-4H3. The quantitative estimate of drug-likeness (QED) is 0.610. The van der Waals surface area contributed by atoms with Crippen molar-refractivity contribution in [3.05, 3.63) is 23.3 Å². The molecule has 5 heteroatoms. The monoisotopic (exact) mass is 251 g/mol. The molecule has 0 bridgehead atoms. The number of anilines is 2. The Balaban J connectivity index is 2.87. The Morgan fingerprint density at radius 2 is 2.11 bits per heavy atom. The summed E-state index contributed by atoms with van der Waals surface area (Å²) in [6, 6.07) is 3.65. The van der Waals surface area contributed by atoms with Crippen LogP contribution in [0.3, 0.4) is 0 Å². The molecule has 0 fully saturated rings. The lowest BCUT2D eigenvalue weighted by atomic mass is 10.1. The number of carbonyl (C=O) groups is 1. The Kier molecular flexibility index (Phi) is 4.97. The number of hydrogen-bond donors (Lipinski definition) is 2. The molecule has 0 saturated heterocycles. The molecule has 1 aromatic carbocycles. The molecule has 0 heterocycles. The van der Waals surface area contributed by atoms with Crippen molar-refractivity contribution in [3.63, 3.8) is 0 Å². The molecule has 0 atom stereocenters. The predicted octanol–water partition coefficient (Wildman–Crippen LogP) is 1.34. The second-order valence-electron chi connectivity index (χ2n) is 4.48. The van der Waals surface area contributed by atoms with Crippen LogP contribution in [0.15, 0.2) is 12.1 Å². The summed E-state index contributed by atoms with van der Waals surface area (Å²) >= 11 is 0. The highest BCUT2D eigenvalue weighted by molar-refractivity contribution is 5.97. The van der Waals surface area contributed by atoms with Crippen LogP contribution in [0.4, 0.5) is 11.4 Å². The summed E-state index contributed by atoms with van der Waals surface area (Å²) in [7, 11) is 5.37. The summed E-state index contributed by atoms with van der Waals surface area (Å²) in [6.07, 6.45) is 0. The summed E-state index contributed by atoms with van der Waals surface area (Å²) in [4.78, 5) is 13.7. The van der Waals surface area contributed by atoms with E-state index in [2.05, 4.69) is 10.2 Å². The molecule has 0 aliphatic rings. The maximum atomic E-state index is 11.6. The number of hydrogen-bond acceptors (Lipinski definition) is 5. The van der Waals surface area contributed by atoms with Crippen LogP contribution in [0.1, 0.15) is 15.9 Å². The molecule has 0 aromatic heterocycles. The lowest BCUT2D eigenvalue weighted by molar-refractivity contribution is 0.0602. The van der Waals surface area contributed by atoms with Crippen LogP contribution in [0.25, 0.3) is 0 Å². The number of nitrogens with one attached hydrogen (secondary N) is 1. The molecule has 5 nitrogen and oxygen atoms in total. The molecule has 0 aliphatic heterocycles. The van der Waals surface area contributed by atoms with Gasteiger partial charge in [-0.3, -0.25) is 0 Å². The van der Waals surface area contributed by atoms with Gasteiger partial charge >= 0.3 is 5.97 Å². The lowest BCUT2D eigenvalue weighted by Gasteiger charge is -2.14. The zero-order valence-corrected chi connectivity index (χ0v) is 11.4. The molecule has 18 heavy (non-hydrogen) atoms. The normalized spacial score (nSPS) is 10.5. The first-order chi connectivity index (χ1) is 8.45. The van der Waals surface area contributed by atoms with Crippen LogP contribution in [-0.2, 0) is 4.74 Å². The third-order valence-electron chi connectivity index (χ3n) is 2.68. The van der Waals surface area contributed by atoms with Crippen LogP contribution in [0, 0.1) is 6.92 Å². The van der Waals surface area contributed by atoms with Gasteiger partial charge in [-0.1, -0.05) is 0 Å². The number of aryl methyl sites for hydroxylation is 1. The predicted molar refractivity (Wildman–Crippen MR) is 74.0 cm³/mol. The topological polar surface area (TPSA) is 67.6 Å². The van der Waals surface area contributed by atoms with Crippen LogP contribution < -0.4 is 11.1 Å². The van der Waals surface area contributed by atoms with Gasteiger partial charge in [0, 0.05) is 24.5 Å². The van der Waals surface area contributed by atoms with Crippen molar-refractivity contribution in [2.45, 2.75) is 6.92 Å². The first kappa shape index (κ1) is 14.3. The van der Waals surface area contributed by atoms with E-state index in [0.29, 0.717) is 11.3 Å². The van der Waals surface area contributed by atoms with Gasteiger partial charge in [0.25, 0.3) is 0 Å². The second kappa shape index (κ2) is 6.26. The number of methoxy groups -OCH3 is 1. The summed E-state index contributed by atoms with van der Waals surface area (Å²) < 4.78 is 4.71. The van der Waals surface area contributed by atoms with Gasteiger partial charge in [0.05, 0.1) is 12.7 Å². The molecule has 1 aromatic rings. The fraction of sp³-hybridized carbons (Fsp3) is 0.462. The SMILES string of the molecule is COC(=O)c1cc(NCCN(C)C)cc(C)c1N. The Morgan fingerprint density at radius 3 is 2.67 bits per heavy atom. The fourth-order valence-corrected chi connectivity index (χ4v) is 1.60. The molecule has 0 aliphatic carbocycles. The molecule has 100 valence electrons. The Hall–Kier alpha value is -1.75. The van der Waals surface area contributed by atoms with Crippen molar-refractivity contribution >= 4 is 17.3 Å². The van der Waals surface area contributed by atoms with Crippen molar-refractivity contribution in [3.8, 4) is 0 Å². The lowest BCUT2D eigenvalue weighted by Crippen LogP contribution is -2.21. The smallest absolute Gasteiger partial charge is 0.340 e. The summed E-state index contributed by atoms with van der Waals surface area (Å²) in [6.45, 7) is 3.59. The number of carbonyl (C=O) groups excluding carboxylic acids is 1. The van der Waals surface area contributed by atoms with Crippen LogP contribution >= 0.6 is 0 Å². The molecule has 0 saturated carbocycles. The third kappa shape index (κ3) is 3.63. The van der Waals surface area contributed by atoms with E-state index in [9.17, 15) is 4.79 Å². The minimum atomic E-state index is -0.410. The van der Waals surface area contributed by atoms with E-state index in [4.69, 9.17) is 10.5 Å². The average Bonchev–Trinajstić information content (AvgIpc) is 2.32.